The summed E-state index contributed by atoms with van der Waals surface area (Å²) in [5, 5.41) is 14.4. The minimum Gasteiger partial charge on any atom is -0.310 e. The Labute approximate surface area is 193 Å². The van der Waals surface area contributed by atoms with Gasteiger partial charge in [0, 0.05) is 23.0 Å². The third-order valence-corrected chi connectivity index (χ3v) is 5.74. The number of nitrogens with one attached hydrogen (secondary N) is 2. The molecule has 0 bridgehead atoms. The molecule has 4 aromatic rings. The second-order valence-corrected chi connectivity index (χ2v) is 9.35. The van der Waals surface area contributed by atoms with Crippen molar-refractivity contribution in [2.45, 2.75) is 58.8 Å². The SMILES string of the molecule is CCCCc1nc(C(C)(C)C)[nH]c(=O)c1Cc1ccc(-c2ccccc2-c2nn[nH]n2)cc1. The molecular weight excluding hydrogens is 412 g/mol. The van der Waals surface area contributed by atoms with E-state index >= 15 is 0 Å². The molecule has 0 amide bonds. The quantitative estimate of drug-likeness (QED) is 0.426. The van der Waals surface area contributed by atoms with Crippen LogP contribution in [-0.4, -0.2) is 30.6 Å². The molecule has 0 unspecified atom stereocenters. The Morgan fingerprint density at radius 3 is 2.33 bits per heavy atom. The Balaban J connectivity index is 1.65. The van der Waals surface area contributed by atoms with Gasteiger partial charge in [-0.2, -0.15) is 5.21 Å². The lowest BCUT2D eigenvalue weighted by Crippen LogP contribution is -2.26. The van der Waals surface area contributed by atoms with Gasteiger partial charge >= 0.3 is 0 Å². The monoisotopic (exact) mass is 442 g/mol. The molecule has 0 aliphatic heterocycles. The summed E-state index contributed by atoms with van der Waals surface area (Å²) in [5.41, 5.74) is 5.51. The molecule has 4 rings (SSSR count). The van der Waals surface area contributed by atoms with Gasteiger partial charge in [0.05, 0.1) is 5.69 Å². The van der Waals surface area contributed by atoms with E-state index in [9.17, 15) is 4.79 Å². The molecular formula is C26H30N6O. The number of hydrogen-bond acceptors (Lipinski definition) is 5. The predicted octanol–water partition coefficient (Wildman–Crippen LogP) is 4.85. The third-order valence-electron chi connectivity index (χ3n) is 5.74. The first-order chi connectivity index (χ1) is 15.9. The summed E-state index contributed by atoms with van der Waals surface area (Å²) in [4.78, 5) is 20.9. The fourth-order valence-corrected chi connectivity index (χ4v) is 3.84. The van der Waals surface area contributed by atoms with Crippen molar-refractivity contribution in [1.82, 2.24) is 30.6 Å². The molecule has 7 heteroatoms. The lowest BCUT2D eigenvalue weighted by molar-refractivity contribution is 0.535. The molecule has 33 heavy (non-hydrogen) atoms. The molecule has 170 valence electrons. The van der Waals surface area contributed by atoms with Crippen LogP contribution in [0.4, 0.5) is 0 Å². The Morgan fingerprint density at radius 2 is 1.70 bits per heavy atom. The maximum atomic E-state index is 13.0. The number of H-pyrrole nitrogens is 2. The number of aromatic amines is 2. The lowest BCUT2D eigenvalue weighted by atomic mass is 9.94. The van der Waals surface area contributed by atoms with Gasteiger partial charge in [-0.3, -0.25) is 4.79 Å². The molecule has 0 saturated heterocycles. The van der Waals surface area contributed by atoms with Gasteiger partial charge in [-0.25, -0.2) is 4.98 Å². The Bertz CT molecular complexity index is 1270. The van der Waals surface area contributed by atoms with Gasteiger partial charge in [-0.1, -0.05) is 82.6 Å². The zero-order valence-electron chi connectivity index (χ0n) is 19.6. The van der Waals surface area contributed by atoms with Crippen molar-refractivity contribution in [2.24, 2.45) is 0 Å². The molecule has 0 aliphatic carbocycles. The van der Waals surface area contributed by atoms with Gasteiger partial charge in [0.25, 0.3) is 5.56 Å². The summed E-state index contributed by atoms with van der Waals surface area (Å²) in [5.74, 6) is 1.31. The predicted molar refractivity (Wildman–Crippen MR) is 130 cm³/mol. The zero-order valence-corrected chi connectivity index (χ0v) is 19.6. The van der Waals surface area contributed by atoms with Crippen molar-refractivity contribution in [1.29, 1.82) is 0 Å². The van der Waals surface area contributed by atoms with Gasteiger partial charge in [-0.15, -0.1) is 10.2 Å². The molecule has 0 spiro atoms. The minimum absolute atomic E-state index is 0.0347. The molecule has 0 saturated carbocycles. The van der Waals surface area contributed by atoms with E-state index in [1.165, 1.54) is 0 Å². The highest BCUT2D eigenvalue weighted by Crippen LogP contribution is 2.30. The minimum atomic E-state index is -0.202. The van der Waals surface area contributed by atoms with Crippen molar-refractivity contribution < 1.29 is 0 Å². The number of hydrogen-bond donors (Lipinski definition) is 2. The van der Waals surface area contributed by atoms with E-state index in [-0.39, 0.29) is 11.0 Å². The van der Waals surface area contributed by atoms with E-state index in [0.717, 1.165) is 58.6 Å². The number of aromatic nitrogens is 6. The van der Waals surface area contributed by atoms with Gasteiger partial charge in [0.15, 0.2) is 0 Å². The second kappa shape index (κ2) is 9.48. The van der Waals surface area contributed by atoms with Crippen molar-refractivity contribution in [3.8, 4) is 22.5 Å². The normalized spacial score (nSPS) is 11.6. The average Bonchev–Trinajstić information content (AvgIpc) is 3.34. The van der Waals surface area contributed by atoms with E-state index in [1.807, 2.05) is 24.3 Å². The van der Waals surface area contributed by atoms with E-state index in [0.29, 0.717) is 12.2 Å². The highest BCUT2D eigenvalue weighted by molar-refractivity contribution is 5.80. The van der Waals surface area contributed by atoms with Crippen LogP contribution in [0, 0.1) is 0 Å². The lowest BCUT2D eigenvalue weighted by Gasteiger charge is -2.19. The molecule has 2 heterocycles. The van der Waals surface area contributed by atoms with Crippen molar-refractivity contribution >= 4 is 0 Å². The number of unbranched alkanes of at least 4 members (excludes halogenated alkanes) is 1. The van der Waals surface area contributed by atoms with Crippen LogP contribution in [0.1, 0.15) is 63.2 Å². The first kappa shape index (κ1) is 22.6. The van der Waals surface area contributed by atoms with Crippen LogP contribution in [0.3, 0.4) is 0 Å². The largest absolute Gasteiger partial charge is 0.310 e. The molecule has 0 aliphatic rings. The summed E-state index contributed by atoms with van der Waals surface area (Å²) < 4.78 is 0. The van der Waals surface area contributed by atoms with E-state index in [2.05, 4.69) is 77.6 Å². The molecule has 0 fully saturated rings. The van der Waals surface area contributed by atoms with Crippen LogP contribution in [-0.2, 0) is 18.3 Å². The first-order valence-electron chi connectivity index (χ1n) is 11.4. The van der Waals surface area contributed by atoms with Crippen LogP contribution in [0.2, 0.25) is 0 Å². The fourth-order valence-electron chi connectivity index (χ4n) is 3.84. The van der Waals surface area contributed by atoms with Crippen LogP contribution < -0.4 is 5.56 Å². The highest BCUT2D eigenvalue weighted by atomic mass is 16.1. The number of benzene rings is 2. The summed E-state index contributed by atoms with van der Waals surface area (Å²) in [6.07, 6.45) is 3.44. The van der Waals surface area contributed by atoms with E-state index in [4.69, 9.17) is 4.98 Å². The molecule has 0 atom stereocenters. The molecule has 2 aromatic heterocycles. The summed E-state index contributed by atoms with van der Waals surface area (Å²) in [7, 11) is 0. The Hall–Kier alpha value is -3.61. The summed E-state index contributed by atoms with van der Waals surface area (Å²) >= 11 is 0. The summed E-state index contributed by atoms with van der Waals surface area (Å²) in [6.45, 7) is 8.36. The first-order valence-corrected chi connectivity index (χ1v) is 11.4. The fraction of sp³-hybridized carbons (Fsp3) is 0.346. The molecule has 0 radical (unpaired) electrons. The number of tetrazole rings is 1. The number of nitrogens with zero attached hydrogens (tertiary/aromatic N) is 4. The number of rotatable bonds is 7. The van der Waals surface area contributed by atoms with Crippen molar-refractivity contribution in [2.75, 3.05) is 0 Å². The maximum Gasteiger partial charge on any atom is 0.254 e. The van der Waals surface area contributed by atoms with Crippen LogP contribution >= 0.6 is 0 Å². The van der Waals surface area contributed by atoms with Crippen molar-refractivity contribution in [3.05, 3.63) is 81.5 Å². The smallest absolute Gasteiger partial charge is 0.254 e. The topological polar surface area (TPSA) is 100 Å². The van der Waals surface area contributed by atoms with E-state index < -0.39 is 0 Å². The van der Waals surface area contributed by atoms with Gasteiger partial charge < -0.3 is 4.98 Å². The van der Waals surface area contributed by atoms with Crippen LogP contribution in [0.15, 0.2) is 53.3 Å². The zero-order chi connectivity index (χ0) is 23.4. The standard InChI is InChI=1S/C26H30N6O/c1-5-6-11-22-21(24(33)28-25(27-22)26(2,3)4)16-17-12-14-18(15-13-17)19-9-7-8-10-20(19)23-29-31-32-30-23/h7-10,12-15H,5-6,11,16H2,1-4H3,(H,27,28,33)(H,29,30,31,32). The van der Waals surface area contributed by atoms with Crippen LogP contribution in [0.5, 0.6) is 0 Å². The molecule has 7 nitrogen and oxygen atoms in total. The second-order valence-electron chi connectivity index (χ2n) is 9.35. The third kappa shape index (κ3) is 5.08. The maximum absolute atomic E-state index is 13.0. The van der Waals surface area contributed by atoms with E-state index in [1.54, 1.807) is 0 Å². The summed E-state index contributed by atoms with van der Waals surface area (Å²) in [6, 6.07) is 16.3. The number of aryl methyl sites for hydroxylation is 1. The van der Waals surface area contributed by atoms with Crippen LogP contribution in [0.25, 0.3) is 22.5 Å². The van der Waals surface area contributed by atoms with Gasteiger partial charge in [-0.05, 0) is 34.7 Å². The molecule has 2 aromatic carbocycles. The highest BCUT2D eigenvalue weighted by Gasteiger charge is 2.20. The molecule has 2 N–H and O–H groups in total. The van der Waals surface area contributed by atoms with Crippen molar-refractivity contribution in [3.63, 3.8) is 0 Å². The Kier molecular flexibility index (Phi) is 6.49. The van der Waals surface area contributed by atoms with Gasteiger partial charge in [0.2, 0.25) is 5.82 Å². The Morgan fingerprint density at radius 1 is 0.970 bits per heavy atom. The van der Waals surface area contributed by atoms with Gasteiger partial charge in [0.1, 0.15) is 5.82 Å². The average molecular weight is 443 g/mol.